The lowest BCUT2D eigenvalue weighted by Gasteiger charge is -2.63. The second-order valence-electron chi connectivity index (χ2n) is 12.5. The Morgan fingerprint density at radius 3 is 2.36 bits per heavy atom. The first-order valence-corrected chi connectivity index (χ1v) is 15.1. The molecule has 2 aromatic rings. The van der Waals surface area contributed by atoms with Gasteiger partial charge in [0.25, 0.3) is 0 Å². The molecule has 2 aliphatic heterocycles. The number of carbonyl (C=O) groups excluding carboxylic acids is 1. The van der Waals surface area contributed by atoms with Crippen molar-refractivity contribution in [2.24, 2.45) is 16.7 Å². The van der Waals surface area contributed by atoms with Crippen molar-refractivity contribution in [3.8, 4) is 0 Å². The zero-order valence-electron chi connectivity index (χ0n) is 20.6. The van der Waals surface area contributed by atoms with Gasteiger partial charge in [-0.1, -0.05) is 6.07 Å². The first kappa shape index (κ1) is 22.7. The maximum Gasteiger partial charge on any atom is 0.320 e. The number of hydrogen-bond donors (Lipinski definition) is 2. The number of hydrogen-bond acceptors (Lipinski definition) is 5. The monoisotopic (exact) mass is 512 g/mol. The summed E-state index contributed by atoms with van der Waals surface area (Å²) < 4.78 is 33.9. The van der Waals surface area contributed by atoms with Gasteiger partial charge in [-0.25, -0.2) is 23.2 Å². The van der Waals surface area contributed by atoms with Crippen LogP contribution in [0.1, 0.15) is 67.6 Å². The number of H-pyrrole nitrogens is 1. The van der Waals surface area contributed by atoms with Gasteiger partial charge >= 0.3 is 6.03 Å². The first-order chi connectivity index (χ1) is 17.1. The molecule has 5 aliphatic rings. The molecule has 2 N–H and O–H groups in total. The van der Waals surface area contributed by atoms with Crippen molar-refractivity contribution in [2.75, 3.05) is 32.4 Å². The van der Waals surface area contributed by atoms with E-state index in [0.29, 0.717) is 22.6 Å². The highest BCUT2D eigenvalue weighted by atomic mass is 32.2. The molecule has 8 nitrogen and oxygen atoms in total. The van der Waals surface area contributed by atoms with Crippen molar-refractivity contribution < 1.29 is 13.4 Å². The zero-order chi connectivity index (χ0) is 24.9. The summed E-state index contributed by atoms with van der Waals surface area (Å²) in [5, 5.41) is 7.54. The molecule has 0 bridgehead atoms. The molecule has 192 valence electrons. The minimum Gasteiger partial charge on any atom is -0.323 e. The van der Waals surface area contributed by atoms with Gasteiger partial charge in [0.2, 0.25) is 0 Å². The van der Waals surface area contributed by atoms with Crippen LogP contribution >= 0.6 is 0 Å². The fraction of sp³-hybridized carbons (Fsp3) is 0.654. The third-order valence-corrected chi connectivity index (χ3v) is 10.5. The van der Waals surface area contributed by atoms with Crippen LogP contribution in [-0.4, -0.2) is 67.7 Å². The predicted molar refractivity (Wildman–Crippen MR) is 132 cm³/mol. The number of rotatable bonds is 5. The highest BCUT2D eigenvalue weighted by Gasteiger charge is 2.58. The molecule has 2 spiro atoms. The Morgan fingerprint density at radius 2 is 1.75 bits per heavy atom. The maximum atomic E-state index is 13.7. The Kier molecular flexibility index (Phi) is 4.74. The van der Waals surface area contributed by atoms with Gasteiger partial charge in [0.1, 0.15) is 11.6 Å². The van der Waals surface area contributed by atoms with Crippen LogP contribution < -0.4 is 0 Å². The Balaban J connectivity index is 0.871. The molecule has 1 atom stereocenters. The molecule has 3 saturated carbocycles. The van der Waals surface area contributed by atoms with Crippen LogP contribution in [0.5, 0.6) is 0 Å². The smallest absolute Gasteiger partial charge is 0.320 e. The summed E-state index contributed by atoms with van der Waals surface area (Å²) in [4.78, 5) is 22.0. The molecule has 1 aromatic heterocycles. The highest BCUT2D eigenvalue weighted by Crippen LogP contribution is 2.57. The number of nitrogens with zero attached hydrogens (tertiary/aromatic N) is 4. The molecule has 3 aliphatic carbocycles. The van der Waals surface area contributed by atoms with E-state index in [1.165, 1.54) is 31.2 Å². The van der Waals surface area contributed by atoms with Crippen molar-refractivity contribution >= 4 is 15.8 Å². The number of nitrogens with one attached hydrogen (secondary N) is 2. The minimum atomic E-state index is -2.97. The van der Waals surface area contributed by atoms with Gasteiger partial charge < -0.3 is 9.80 Å². The summed E-state index contributed by atoms with van der Waals surface area (Å²) in [5.74, 6) is 3.04. The lowest BCUT2D eigenvalue weighted by atomic mass is 9.56. The summed E-state index contributed by atoms with van der Waals surface area (Å²) in [6.07, 6.45) is 8.74. The van der Waals surface area contributed by atoms with Crippen molar-refractivity contribution in [3.63, 3.8) is 0 Å². The van der Waals surface area contributed by atoms with Crippen LogP contribution in [0.4, 0.5) is 9.18 Å². The van der Waals surface area contributed by atoms with E-state index in [2.05, 4.69) is 10.2 Å². The number of carbonyl (C=O) groups is 1. The lowest BCUT2D eigenvalue weighted by Crippen LogP contribution is -2.71. The fourth-order valence-corrected chi connectivity index (χ4v) is 8.36. The largest absolute Gasteiger partial charge is 0.323 e. The van der Waals surface area contributed by atoms with E-state index in [9.17, 15) is 13.4 Å². The van der Waals surface area contributed by atoms with E-state index < -0.39 is 15.5 Å². The molecule has 2 amide bonds. The molecule has 0 radical (unpaired) electrons. The van der Waals surface area contributed by atoms with Crippen molar-refractivity contribution in [3.05, 3.63) is 41.2 Å². The van der Waals surface area contributed by atoms with Crippen molar-refractivity contribution in [1.82, 2.24) is 25.0 Å². The van der Waals surface area contributed by atoms with E-state index in [0.717, 1.165) is 75.5 Å². The number of urea groups is 1. The number of likely N-dealkylation sites (tertiary alicyclic amines) is 2. The van der Waals surface area contributed by atoms with E-state index in [1.807, 2.05) is 9.80 Å². The number of benzene rings is 1. The Hall–Kier alpha value is -2.49. The number of aromatic amines is 1. The van der Waals surface area contributed by atoms with Crippen LogP contribution in [0.25, 0.3) is 0 Å². The summed E-state index contributed by atoms with van der Waals surface area (Å²) in [6.45, 7) is 3.34. The first-order valence-electron chi connectivity index (χ1n) is 13.1. The topological polar surface area (TPSA) is 106 Å². The molecule has 1 aromatic carbocycles. The lowest BCUT2D eigenvalue weighted by molar-refractivity contribution is -0.100. The fourth-order valence-electron chi connectivity index (χ4n) is 7.37. The van der Waals surface area contributed by atoms with Gasteiger partial charge in [0.15, 0.2) is 5.82 Å². The SMILES string of the molecule is CS(=N)(=O)c1cc(F)ccc1CC1CC2(C1)CN(C(=O)N1CC3(CC(c4nc(C5CC5)n[nH]4)C3)C1)C2. The molecule has 10 heteroatoms. The summed E-state index contributed by atoms with van der Waals surface area (Å²) in [7, 11) is -2.97. The van der Waals surface area contributed by atoms with Crippen LogP contribution in [0.15, 0.2) is 23.1 Å². The summed E-state index contributed by atoms with van der Waals surface area (Å²) in [6, 6.07) is 4.51. The standard InChI is InChI=1S/C26H33FN6O2S/c1-36(28,35)21-7-20(27)5-4-18(21)6-16-8-25(9-16)12-32(13-25)24(34)33-14-26(15-33)10-19(11-26)23-29-22(30-31-23)17-2-3-17/h4-5,7,16-17,19,28H,2-3,6,8-15H2,1H3,(H,29,30,31). The van der Waals surface area contributed by atoms with Gasteiger partial charge in [-0.05, 0) is 68.6 Å². The molecule has 2 saturated heterocycles. The number of amides is 2. The molecule has 3 heterocycles. The molecule has 1 unspecified atom stereocenters. The normalized spacial score (nSPS) is 26.2. The third-order valence-electron chi connectivity index (χ3n) is 9.25. The van der Waals surface area contributed by atoms with Crippen LogP contribution in [-0.2, 0) is 16.1 Å². The Bertz CT molecular complexity index is 1320. The summed E-state index contributed by atoms with van der Waals surface area (Å²) >= 11 is 0. The van der Waals surface area contributed by atoms with Gasteiger partial charge in [0.05, 0.1) is 14.6 Å². The number of halogens is 1. The molecule has 7 rings (SSSR count). The van der Waals surface area contributed by atoms with Crippen molar-refractivity contribution in [1.29, 1.82) is 4.78 Å². The molecule has 36 heavy (non-hydrogen) atoms. The van der Waals surface area contributed by atoms with E-state index >= 15 is 0 Å². The van der Waals surface area contributed by atoms with Crippen LogP contribution in [0.3, 0.4) is 0 Å². The zero-order valence-corrected chi connectivity index (χ0v) is 21.5. The molecular weight excluding hydrogens is 479 g/mol. The van der Waals surface area contributed by atoms with E-state index in [4.69, 9.17) is 9.76 Å². The number of aromatic nitrogens is 3. The molecule has 5 fully saturated rings. The molecular formula is C26H33FN6O2S. The Morgan fingerprint density at radius 1 is 1.11 bits per heavy atom. The van der Waals surface area contributed by atoms with E-state index in [-0.39, 0.29) is 16.9 Å². The maximum absolute atomic E-state index is 13.7. The Labute approximate surface area is 211 Å². The van der Waals surface area contributed by atoms with Crippen molar-refractivity contribution in [2.45, 2.75) is 61.7 Å². The summed E-state index contributed by atoms with van der Waals surface area (Å²) in [5.41, 5.74) is 1.31. The second-order valence-corrected chi connectivity index (χ2v) is 14.7. The second kappa shape index (κ2) is 7.52. The van der Waals surface area contributed by atoms with Crippen LogP contribution in [0.2, 0.25) is 0 Å². The van der Waals surface area contributed by atoms with Crippen LogP contribution in [0, 0.1) is 27.3 Å². The quantitative estimate of drug-likeness (QED) is 0.629. The van der Waals surface area contributed by atoms with Gasteiger partial charge in [-0.15, -0.1) is 0 Å². The van der Waals surface area contributed by atoms with Gasteiger partial charge in [-0.2, -0.15) is 5.10 Å². The van der Waals surface area contributed by atoms with E-state index in [1.54, 1.807) is 6.07 Å². The predicted octanol–water partition coefficient (Wildman–Crippen LogP) is 4.11. The van der Waals surface area contributed by atoms with Gasteiger partial charge in [0, 0.05) is 55.1 Å². The van der Waals surface area contributed by atoms with Gasteiger partial charge in [-0.3, -0.25) is 5.10 Å². The minimum absolute atomic E-state index is 0.176. The average molecular weight is 513 g/mol. The highest BCUT2D eigenvalue weighted by molar-refractivity contribution is 7.91. The average Bonchev–Trinajstić information content (AvgIpc) is 3.44. The third kappa shape index (κ3) is 3.74.